The van der Waals surface area contributed by atoms with Crippen LogP contribution in [-0.4, -0.2) is 28.1 Å². The van der Waals surface area contributed by atoms with E-state index >= 15 is 0 Å². The van der Waals surface area contributed by atoms with Crippen LogP contribution >= 0.6 is 0 Å². The average molecular weight is 349 g/mol. The lowest BCUT2D eigenvalue weighted by atomic mass is 10.1. The number of aliphatic hydroxyl groups is 1. The third-order valence-corrected chi connectivity index (χ3v) is 3.85. The Labute approximate surface area is 151 Å². The molecule has 3 rings (SSSR count). The number of benzene rings is 2. The van der Waals surface area contributed by atoms with Crippen LogP contribution in [0.1, 0.15) is 24.3 Å². The van der Waals surface area contributed by atoms with Crippen LogP contribution in [0.2, 0.25) is 0 Å². The number of rotatable bonds is 5. The highest BCUT2D eigenvalue weighted by Gasteiger charge is 2.19. The number of carbonyl (C=O) groups is 1. The molecule has 0 radical (unpaired) electrons. The monoisotopic (exact) mass is 349 g/mol. The van der Waals surface area contributed by atoms with Crippen molar-refractivity contribution in [3.05, 3.63) is 72.1 Å². The Morgan fingerprint density at radius 3 is 2.42 bits per heavy atom. The first-order chi connectivity index (χ1) is 12.6. The number of amides is 1. The summed E-state index contributed by atoms with van der Waals surface area (Å²) in [5, 5.41) is 13.4. The van der Waals surface area contributed by atoms with Crippen molar-refractivity contribution >= 4 is 11.7 Å². The zero-order chi connectivity index (χ0) is 18.5. The third-order valence-electron chi connectivity index (χ3n) is 3.85. The van der Waals surface area contributed by atoms with Crippen LogP contribution in [0.3, 0.4) is 0 Å². The maximum absolute atomic E-state index is 11.5. The van der Waals surface area contributed by atoms with Crippen LogP contribution < -0.4 is 10.1 Å². The van der Waals surface area contributed by atoms with Crippen LogP contribution in [0, 0.1) is 0 Å². The second-order valence-corrected chi connectivity index (χ2v) is 5.71. The van der Waals surface area contributed by atoms with Gasteiger partial charge in [0.25, 0.3) is 0 Å². The van der Waals surface area contributed by atoms with Gasteiger partial charge in [0.1, 0.15) is 17.5 Å². The summed E-state index contributed by atoms with van der Waals surface area (Å²) < 4.78 is 5.16. The summed E-state index contributed by atoms with van der Waals surface area (Å²) in [5.41, 5.74) is 2.38. The molecule has 3 aromatic rings. The molecule has 0 fully saturated rings. The molecule has 2 aromatic carbocycles. The van der Waals surface area contributed by atoms with E-state index in [1.165, 1.54) is 6.92 Å². The van der Waals surface area contributed by atoms with Crippen molar-refractivity contribution in [3.8, 4) is 17.0 Å². The second kappa shape index (κ2) is 7.76. The first kappa shape index (κ1) is 17.6. The number of nitrogens with zero attached hydrogens (tertiary/aromatic N) is 2. The predicted octanol–water partition coefficient (Wildman–Crippen LogP) is 3.19. The Hall–Kier alpha value is -3.25. The number of nitrogens with one attached hydrogen (secondary N) is 1. The summed E-state index contributed by atoms with van der Waals surface area (Å²) in [6.07, 6.45) is 0.553. The number of ether oxygens (including phenoxy) is 1. The van der Waals surface area contributed by atoms with Crippen LogP contribution in [0.15, 0.2) is 60.8 Å². The molecule has 0 saturated heterocycles. The molecule has 0 aliphatic rings. The number of anilines is 1. The SMILES string of the molecule is COc1ccc(-c2cnc(NC(C)=O)c(C(O)c3ccccc3)n2)cc1. The van der Waals surface area contributed by atoms with Gasteiger partial charge in [0.2, 0.25) is 5.91 Å². The van der Waals surface area contributed by atoms with E-state index in [1.807, 2.05) is 42.5 Å². The van der Waals surface area contributed by atoms with E-state index in [0.29, 0.717) is 17.0 Å². The van der Waals surface area contributed by atoms with E-state index in [9.17, 15) is 9.90 Å². The molecule has 1 unspecified atom stereocenters. The number of carbonyl (C=O) groups excluding carboxylic acids is 1. The van der Waals surface area contributed by atoms with Crippen LogP contribution in [0.25, 0.3) is 11.3 Å². The highest BCUT2D eigenvalue weighted by atomic mass is 16.5. The molecule has 26 heavy (non-hydrogen) atoms. The largest absolute Gasteiger partial charge is 0.497 e. The Morgan fingerprint density at radius 1 is 1.12 bits per heavy atom. The Balaban J connectivity index is 2.04. The van der Waals surface area contributed by atoms with E-state index in [1.54, 1.807) is 25.4 Å². The summed E-state index contributed by atoms with van der Waals surface area (Å²) >= 11 is 0. The average Bonchev–Trinajstić information content (AvgIpc) is 2.68. The normalized spacial score (nSPS) is 11.7. The summed E-state index contributed by atoms with van der Waals surface area (Å²) in [6.45, 7) is 1.39. The highest BCUT2D eigenvalue weighted by molar-refractivity contribution is 5.88. The minimum atomic E-state index is -1.01. The second-order valence-electron chi connectivity index (χ2n) is 5.71. The van der Waals surface area contributed by atoms with Crippen molar-refractivity contribution in [2.24, 2.45) is 0 Å². The fraction of sp³-hybridized carbons (Fsp3) is 0.150. The number of aromatic nitrogens is 2. The van der Waals surface area contributed by atoms with Gasteiger partial charge in [-0.05, 0) is 29.8 Å². The maximum atomic E-state index is 11.5. The molecule has 1 aromatic heterocycles. The van der Waals surface area contributed by atoms with E-state index in [0.717, 1.165) is 11.3 Å². The van der Waals surface area contributed by atoms with Gasteiger partial charge < -0.3 is 15.2 Å². The Bertz CT molecular complexity index is 896. The van der Waals surface area contributed by atoms with Gasteiger partial charge in [-0.3, -0.25) is 4.79 Å². The van der Waals surface area contributed by atoms with Crippen LogP contribution in [0.5, 0.6) is 5.75 Å². The summed E-state index contributed by atoms with van der Waals surface area (Å²) in [6, 6.07) is 16.5. The lowest BCUT2D eigenvalue weighted by molar-refractivity contribution is -0.114. The smallest absolute Gasteiger partial charge is 0.222 e. The lowest BCUT2D eigenvalue weighted by Gasteiger charge is -2.16. The van der Waals surface area contributed by atoms with E-state index in [2.05, 4.69) is 15.3 Å². The number of hydrogen-bond acceptors (Lipinski definition) is 5. The van der Waals surface area contributed by atoms with Crippen LogP contribution in [-0.2, 0) is 4.79 Å². The van der Waals surface area contributed by atoms with Gasteiger partial charge in [-0.25, -0.2) is 9.97 Å². The third kappa shape index (κ3) is 3.87. The van der Waals surface area contributed by atoms with Gasteiger partial charge in [-0.1, -0.05) is 30.3 Å². The van der Waals surface area contributed by atoms with Crippen molar-refractivity contribution in [1.82, 2.24) is 9.97 Å². The lowest BCUT2D eigenvalue weighted by Crippen LogP contribution is -2.14. The van der Waals surface area contributed by atoms with Gasteiger partial charge >= 0.3 is 0 Å². The molecule has 6 heteroatoms. The first-order valence-electron chi connectivity index (χ1n) is 8.10. The zero-order valence-electron chi connectivity index (χ0n) is 14.5. The van der Waals surface area contributed by atoms with Gasteiger partial charge in [-0.15, -0.1) is 0 Å². The van der Waals surface area contributed by atoms with E-state index in [4.69, 9.17) is 4.74 Å². The van der Waals surface area contributed by atoms with Crippen molar-refractivity contribution in [3.63, 3.8) is 0 Å². The molecule has 0 saturated carbocycles. The highest BCUT2D eigenvalue weighted by Crippen LogP contribution is 2.28. The van der Waals surface area contributed by atoms with Gasteiger partial charge in [-0.2, -0.15) is 0 Å². The summed E-state index contributed by atoms with van der Waals surface area (Å²) in [5.74, 6) is 0.699. The topological polar surface area (TPSA) is 84.3 Å². The molecular weight excluding hydrogens is 330 g/mol. The number of aliphatic hydroxyl groups excluding tert-OH is 1. The molecule has 0 aliphatic heterocycles. The number of methoxy groups -OCH3 is 1. The molecule has 0 bridgehead atoms. The number of hydrogen-bond donors (Lipinski definition) is 2. The molecule has 0 aliphatic carbocycles. The Morgan fingerprint density at radius 2 is 1.81 bits per heavy atom. The van der Waals surface area contributed by atoms with Gasteiger partial charge in [0, 0.05) is 12.5 Å². The molecule has 1 atom stereocenters. The molecular formula is C20H19N3O3. The minimum Gasteiger partial charge on any atom is -0.497 e. The molecule has 1 amide bonds. The summed E-state index contributed by atoms with van der Waals surface area (Å²) in [7, 11) is 1.60. The van der Waals surface area contributed by atoms with Gasteiger partial charge in [0.15, 0.2) is 5.82 Å². The molecule has 132 valence electrons. The van der Waals surface area contributed by atoms with Crippen molar-refractivity contribution < 1.29 is 14.6 Å². The molecule has 0 spiro atoms. The molecule has 1 heterocycles. The van der Waals surface area contributed by atoms with Crippen molar-refractivity contribution in [1.29, 1.82) is 0 Å². The quantitative estimate of drug-likeness (QED) is 0.739. The zero-order valence-corrected chi connectivity index (χ0v) is 14.5. The minimum absolute atomic E-state index is 0.242. The van der Waals surface area contributed by atoms with Crippen molar-refractivity contribution in [2.75, 3.05) is 12.4 Å². The van der Waals surface area contributed by atoms with E-state index in [-0.39, 0.29) is 11.7 Å². The first-order valence-corrected chi connectivity index (χ1v) is 8.10. The molecule has 6 nitrogen and oxygen atoms in total. The summed E-state index contributed by atoms with van der Waals surface area (Å²) in [4.78, 5) is 20.3. The van der Waals surface area contributed by atoms with E-state index < -0.39 is 6.10 Å². The van der Waals surface area contributed by atoms with Crippen LogP contribution in [0.4, 0.5) is 5.82 Å². The standard InChI is InChI=1S/C20H19N3O3/c1-13(24)22-20-18(19(25)15-6-4-3-5-7-15)23-17(12-21-20)14-8-10-16(26-2)11-9-14/h3-12,19,25H,1-2H3,(H,21,22,24). The predicted molar refractivity (Wildman–Crippen MR) is 98.8 cm³/mol. The van der Waals surface area contributed by atoms with Crippen molar-refractivity contribution in [2.45, 2.75) is 13.0 Å². The van der Waals surface area contributed by atoms with Gasteiger partial charge in [0.05, 0.1) is 19.0 Å². The fourth-order valence-corrected chi connectivity index (χ4v) is 2.55. The maximum Gasteiger partial charge on any atom is 0.222 e. The Kier molecular flexibility index (Phi) is 5.24. The molecule has 2 N–H and O–H groups in total. The fourth-order valence-electron chi connectivity index (χ4n) is 2.55.